The Morgan fingerprint density at radius 1 is 1.17 bits per heavy atom. The molecule has 0 saturated heterocycles. The summed E-state index contributed by atoms with van der Waals surface area (Å²) < 4.78 is 15.4. The molecule has 0 amide bonds. The lowest BCUT2D eigenvalue weighted by Gasteiger charge is -2.37. The molecule has 0 saturated carbocycles. The van der Waals surface area contributed by atoms with Crippen LogP contribution in [0.2, 0.25) is 0 Å². The molecule has 0 fully saturated rings. The van der Waals surface area contributed by atoms with E-state index in [1.54, 1.807) is 24.8 Å². The molecule has 2 rings (SSSR count). The van der Waals surface area contributed by atoms with Crippen molar-refractivity contribution in [1.82, 2.24) is 4.90 Å². The number of esters is 1. The molecule has 0 unspecified atom stereocenters. The maximum atomic E-state index is 12.7. The van der Waals surface area contributed by atoms with Gasteiger partial charge in [-0.2, -0.15) is 0 Å². The van der Waals surface area contributed by atoms with Crippen LogP contribution in [0, 0.1) is 10.1 Å². The first-order valence-corrected chi connectivity index (χ1v) is 9.06. The first-order valence-electron chi connectivity index (χ1n) is 9.06. The molecule has 1 aliphatic rings. The zero-order chi connectivity index (χ0) is 22.4. The average molecular weight is 420 g/mol. The predicted octanol–water partition coefficient (Wildman–Crippen LogP) is 2.42. The Morgan fingerprint density at radius 3 is 2.40 bits per heavy atom. The number of hydrogen-bond donors (Lipinski definition) is 1. The number of ether oxygens (including phenoxy) is 3. The Hall–Kier alpha value is -3.24. The summed E-state index contributed by atoms with van der Waals surface area (Å²) in [6.45, 7) is 3.88. The molecule has 162 valence electrons. The Labute approximate surface area is 173 Å². The van der Waals surface area contributed by atoms with Gasteiger partial charge in [-0.15, -0.1) is 0 Å². The van der Waals surface area contributed by atoms with Crippen molar-refractivity contribution >= 4 is 17.6 Å². The Kier molecular flexibility index (Phi) is 7.67. The van der Waals surface area contributed by atoms with E-state index in [4.69, 9.17) is 14.2 Å². The molecule has 30 heavy (non-hydrogen) atoms. The van der Waals surface area contributed by atoms with Crippen LogP contribution in [0.4, 0.5) is 5.69 Å². The molecule has 10 heteroatoms. The molecule has 0 radical (unpaired) electrons. The lowest BCUT2D eigenvalue weighted by Crippen LogP contribution is -2.36. The smallest absolute Gasteiger partial charge is 0.336 e. The van der Waals surface area contributed by atoms with Gasteiger partial charge >= 0.3 is 11.9 Å². The molecule has 0 aromatic heterocycles. The van der Waals surface area contributed by atoms with E-state index in [0.29, 0.717) is 23.6 Å². The fourth-order valence-electron chi connectivity index (χ4n) is 3.40. The SMILES string of the molecule is COCCOCN1C(C)=C(C(=O)O)[C@@H](c2cccc([N+](=O)[O-])c2)C(C(=O)OC)=C1C. The number of methoxy groups -OCH3 is 2. The number of hydrogen-bond acceptors (Lipinski definition) is 8. The highest BCUT2D eigenvalue weighted by Crippen LogP contribution is 2.43. The number of nitro groups is 1. The largest absolute Gasteiger partial charge is 0.478 e. The van der Waals surface area contributed by atoms with Crippen LogP contribution in [0.15, 0.2) is 46.8 Å². The molecule has 0 bridgehead atoms. The van der Waals surface area contributed by atoms with Gasteiger partial charge in [0.15, 0.2) is 0 Å². The summed E-state index contributed by atoms with van der Waals surface area (Å²) in [5.41, 5.74) is 0.899. The van der Waals surface area contributed by atoms with Crippen molar-refractivity contribution in [2.45, 2.75) is 19.8 Å². The van der Waals surface area contributed by atoms with Gasteiger partial charge in [-0.25, -0.2) is 9.59 Å². The third-order valence-electron chi connectivity index (χ3n) is 4.87. The summed E-state index contributed by atoms with van der Waals surface area (Å²) >= 11 is 0. The number of allylic oxidation sites excluding steroid dienone is 2. The zero-order valence-electron chi connectivity index (χ0n) is 17.2. The third-order valence-corrected chi connectivity index (χ3v) is 4.87. The monoisotopic (exact) mass is 420 g/mol. The van der Waals surface area contributed by atoms with Gasteiger partial charge in [-0.3, -0.25) is 10.1 Å². The quantitative estimate of drug-likeness (QED) is 0.277. The summed E-state index contributed by atoms with van der Waals surface area (Å²) in [4.78, 5) is 37.1. The highest BCUT2D eigenvalue weighted by Gasteiger charge is 2.40. The van der Waals surface area contributed by atoms with Crippen LogP contribution in [0.3, 0.4) is 0 Å². The summed E-state index contributed by atoms with van der Waals surface area (Å²) in [6.07, 6.45) is 0. The second kappa shape index (κ2) is 9.99. The summed E-state index contributed by atoms with van der Waals surface area (Å²) in [6, 6.07) is 5.57. The van der Waals surface area contributed by atoms with Crippen molar-refractivity contribution in [3.63, 3.8) is 0 Å². The third kappa shape index (κ3) is 4.66. The van der Waals surface area contributed by atoms with Gasteiger partial charge in [-0.05, 0) is 19.4 Å². The fraction of sp³-hybridized carbons (Fsp3) is 0.400. The van der Waals surface area contributed by atoms with Gasteiger partial charge in [0.05, 0.1) is 42.3 Å². The number of carboxylic acid groups (broad SMARTS) is 1. The first-order chi connectivity index (χ1) is 14.2. The standard InChI is InChI=1S/C20H24N2O8/c1-12-16(19(23)24)18(14-6-5-7-15(10-14)22(26)27)17(20(25)29-4)13(2)21(12)11-30-9-8-28-3/h5-7,10,18H,8-9,11H2,1-4H3,(H,23,24)/t18-/m1/s1. The van der Waals surface area contributed by atoms with Crippen LogP contribution in [0.1, 0.15) is 25.3 Å². The molecule has 0 aliphatic carbocycles. The number of carboxylic acids is 1. The first kappa shape index (κ1) is 23.0. The van der Waals surface area contributed by atoms with E-state index < -0.39 is 22.8 Å². The molecular formula is C20H24N2O8. The fourth-order valence-corrected chi connectivity index (χ4v) is 3.40. The van der Waals surface area contributed by atoms with Crippen molar-refractivity contribution < 1.29 is 33.8 Å². The number of aliphatic carboxylic acids is 1. The molecule has 0 spiro atoms. The second-order valence-electron chi connectivity index (χ2n) is 6.54. The van der Waals surface area contributed by atoms with Crippen molar-refractivity contribution in [2.24, 2.45) is 0 Å². The van der Waals surface area contributed by atoms with E-state index in [9.17, 15) is 24.8 Å². The predicted molar refractivity (Wildman–Crippen MR) is 105 cm³/mol. The highest BCUT2D eigenvalue weighted by atomic mass is 16.6. The number of nitro benzene ring substituents is 1. The number of nitrogens with zero attached hydrogens (tertiary/aromatic N) is 2. The molecule has 1 aliphatic heterocycles. The molecule has 1 atom stereocenters. The van der Waals surface area contributed by atoms with Gasteiger partial charge in [-0.1, -0.05) is 12.1 Å². The van der Waals surface area contributed by atoms with Gasteiger partial charge < -0.3 is 24.2 Å². The van der Waals surface area contributed by atoms with Gasteiger partial charge in [0.2, 0.25) is 0 Å². The van der Waals surface area contributed by atoms with Crippen LogP contribution in [-0.2, 0) is 23.8 Å². The molecular weight excluding hydrogens is 396 g/mol. The molecule has 1 aromatic rings. The van der Waals surface area contributed by atoms with Gasteiger partial charge in [0.1, 0.15) is 6.73 Å². The second-order valence-corrected chi connectivity index (χ2v) is 6.54. The number of non-ortho nitro benzene ring substituents is 1. The van der Waals surface area contributed by atoms with E-state index in [-0.39, 0.29) is 30.2 Å². The van der Waals surface area contributed by atoms with Crippen molar-refractivity contribution in [3.05, 3.63) is 62.5 Å². The van der Waals surface area contributed by atoms with E-state index in [2.05, 4.69) is 0 Å². The summed E-state index contributed by atoms with van der Waals surface area (Å²) in [5.74, 6) is -3.01. The van der Waals surface area contributed by atoms with E-state index >= 15 is 0 Å². The Bertz CT molecular complexity index is 906. The van der Waals surface area contributed by atoms with E-state index in [1.807, 2.05) is 0 Å². The van der Waals surface area contributed by atoms with Crippen LogP contribution in [0.25, 0.3) is 0 Å². The highest BCUT2D eigenvalue weighted by molar-refractivity contribution is 5.99. The topological polar surface area (TPSA) is 128 Å². The average Bonchev–Trinajstić information content (AvgIpc) is 2.71. The van der Waals surface area contributed by atoms with Gasteiger partial charge in [0.25, 0.3) is 5.69 Å². The lowest BCUT2D eigenvalue weighted by atomic mass is 9.79. The normalized spacial score (nSPS) is 16.7. The number of carbonyl (C=O) groups excluding carboxylic acids is 1. The minimum atomic E-state index is -1.25. The minimum Gasteiger partial charge on any atom is -0.478 e. The number of benzene rings is 1. The number of rotatable bonds is 9. The number of carbonyl (C=O) groups is 2. The molecule has 10 nitrogen and oxygen atoms in total. The zero-order valence-corrected chi connectivity index (χ0v) is 17.2. The van der Waals surface area contributed by atoms with Crippen molar-refractivity contribution in [3.8, 4) is 0 Å². The maximum Gasteiger partial charge on any atom is 0.336 e. The van der Waals surface area contributed by atoms with E-state index in [0.717, 1.165) is 0 Å². The van der Waals surface area contributed by atoms with Crippen LogP contribution in [0.5, 0.6) is 0 Å². The summed E-state index contributed by atoms with van der Waals surface area (Å²) in [5, 5.41) is 21.2. The minimum absolute atomic E-state index is 0.0000413. The molecule has 1 heterocycles. The van der Waals surface area contributed by atoms with Crippen molar-refractivity contribution in [2.75, 3.05) is 34.2 Å². The molecule has 1 aromatic carbocycles. The van der Waals surface area contributed by atoms with Crippen LogP contribution in [-0.4, -0.2) is 61.0 Å². The Morgan fingerprint density at radius 2 is 1.83 bits per heavy atom. The van der Waals surface area contributed by atoms with E-state index in [1.165, 1.54) is 32.4 Å². The summed E-state index contributed by atoms with van der Waals surface area (Å²) in [7, 11) is 2.72. The lowest BCUT2D eigenvalue weighted by molar-refractivity contribution is -0.384. The Balaban J connectivity index is 2.64. The van der Waals surface area contributed by atoms with Crippen LogP contribution < -0.4 is 0 Å². The van der Waals surface area contributed by atoms with Gasteiger partial charge in [0, 0.05) is 30.6 Å². The maximum absolute atomic E-state index is 12.7. The van der Waals surface area contributed by atoms with Crippen LogP contribution >= 0.6 is 0 Å². The van der Waals surface area contributed by atoms with Crippen molar-refractivity contribution in [1.29, 1.82) is 0 Å². The molecule has 1 N–H and O–H groups in total.